The van der Waals surface area contributed by atoms with E-state index in [1.54, 1.807) is 13.0 Å². The van der Waals surface area contributed by atoms with Crippen LogP contribution in [0.1, 0.15) is 19.8 Å². The fourth-order valence-corrected chi connectivity index (χ4v) is 3.88. The van der Waals surface area contributed by atoms with E-state index < -0.39 is 21.4 Å². The maximum atomic E-state index is 11.6. The van der Waals surface area contributed by atoms with Gasteiger partial charge in [-0.2, -0.15) is 0 Å². The number of carbonyl (C=O) groups is 1. The molecule has 2 atom stereocenters. The Bertz CT molecular complexity index is 391. The van der Waals surface area contributed by atoms with Crippen molar-refractivity contribution in [3.05, 3.63) is 12.7 Å². The summed E-state index contributed by atoms with van der Waals surface area (Å²) in [6.45, 7) is 5.23. The average Bonchev–Trinajstić information content (AvgIpc) is 2.40. The zero-order valence-corrected chi connectivity index (χ0v) is 10.2. The van der Waals surface area contributed by atoms with Crippen LogP contribution in [0.4, 0.5) is 0 Å². The first kappa shape index (κ1) is 13.2. The van der Waals surface area contributed by atoms with Crippen molar-refractivity contribution in [2.75, 3.05) is 11.5 Å². The molecule has 16 heavy (non-hydrogen) atoms. The van der Waals surface area contributed by atoms with Gasteiger partial charge in [-0.05, 0) is 19.8 Å². The van der Waals surface area contributed by atoms with Gasteiger partial charge < -0.3 is 11.1 Å². The molecule has 1 saturated heterocycles. The fourth-order valence-electron chi connectivity index (χ4n) is 1.79. The van der Waals surface area contributed by atoms with Crippen LogP contribution in [-0.4, -0.2) is 37.4 Å². The molecule has 0 saturated carbocycles. The summed E-state index contributed by atoms with van der Waals surface area (Å²) in [5, 5.41) is 2.70. The van der Waals surface area contributed by atoms with E-state index in [1.165, 1.54) is 0 Å². The van der Waals surface area contributed by atoms with Crippen LogP contribution in [0.2, 0.25) is 0 Å². The lowest BCUT2D eigenvalue weighted by Gasteiger charge is -2.25. The molecule has 5 nitrogen and oxygen atoms in total. The third-order valence-electron chi connectivity index (χ3n) is 2.69. The Morgan fingerprint density at radius 2 is 2.31 bits per heavy atom. The average molecular weight is 246 g/mol. The Morgan fingerprint density at radius 3 is 2.75 bits per heavy atom. The van der Waals surface area contributed by atoms with Crippen molar-refractivity contribution >= 4 is 15.7 Å². The summed E-state index contributed by atoms with van der Waals surface area (Å²) >= 11 is 0. The van der Waals surface area contributed by atoms with Crippen molar-refractivity contribution in [3.63, 3.8) is 0 Å². The molecule has 6 heteroatoms. The Kier molecular flexibility index (Phi) is 3.75. The van der Waals surface area contributed by atoms with E-state index in [1.807, 2.05) is 0 Å². The van der Waals surface area contributed by atoms with Crippen molar-refractivity contribution in [2.24, 2.45) is 5.73 Å². The van der Waals surface area contributed by atoms with E-state index in [0.717, 1.165) is 0 Å². The van der Waals surface area contributed by atoms with Crippen molar-refractivity contribution in [2.45, 2.75) is 31.3 Å². The highest BCUT2D eigenvalue weighted by molar-refractivity contribution is 7.91. The quantitative estimate of drug-likeness (QED) is 0.659. The van der Waals surface area contributed by atoms with Gasteiger partial charge in [-0.25, -0.2) is 8.42 Å². The van der Waals surface area contributed by atoms with E-state index in [-0.39, 0.29) is 17.4 Å². The van der Waals surface area contributed by atoms with Gasteiger partial charge in [-0.15, -0.1) is 6.58 Å². The molecule has 0 aromatic carbocycles. The number of rotatable bonds is 4. The molecule has 0 aromatic heterocycles. The van der Waals surface area contributed by atoms with E-state index >= 15 is 0 Å². The van der Waals surface area contributed by atoms with Crippen LogP contribution in [-0.2, 0) is 14.6 Å². The summed E-state index contributed by atoms with van der Waals surface area (Å²) in [5.41, 5.74) is 4.93. The Hall–Kier alpha value is -0.880. The smallest absolute Gasteiger partial charge is 0.237 e. The SMILES string of the molecule is C=CCC(N)C(=O)NC1(C)CCS(=O)(=O)C1. The van der Waals surface area contributed by atoms with Crippen molar-refractivity contribution in [1.29, 1.82) is 0 Å². The Balaban J connectivity index is 2.61. The number of amides is 1. The number of carbonyl (C=O) groups excluding carboxylic acids is 1. The standard InChI is InChI=1S/C10H18N2O3S/c1-3-4-8(11)9(13)12-10(2)5-6-16(14,15)7-10/h3,8H,1,4-7,11H2,2H3,(H,12,13). The molecule has 1 heterocycles. The van der Waals surface area contributed by atoms with Gasteiger partial charge in [0.2, 0.25) is 5.91 Å². The highest BCUT2D eigenvalue weighted by atomic mass is 32.2. The topological polar surface area (TPSA) is 89.3 Å². The summed E-state index contributed by atoms with van der Waals surface area (Å²) in [5.74, 6) is -0.202. The van der Waals surface area contributed by atoms with Gasteiger partial charge in [-0.3, -0.25) is 4.79 Å². The van der Waals surface area contributed by atoms with Gasteiger partial charge in [0.1, 0.15) is 0 Å². The van der Waals surface area contributed by atoms with Crippen LogP contribution in [0.25, 0.3) is 0 Å². The van der Waals surface area contributed by atoms with Crippen LogP contribution in [0.15, 0.2) is 12.7 Å². The molecule has 1 amide bonds. The third kappa shape index (κ3) is 3.31. The zero-order valence-electron chi connectivity index (χ0n) is 9.40. The van der Waals surface area contributed by atoms with Gasteiger partial charge in [-0.1, -0.05) is 6.08 Å². The minimum Gasteiger partial charge on any atom is -0.349 e. The molecule has 0 aromatic rings. The summed E-state index contributed by atoms with van der Waals surface area (Å²) in [4.78, 5) is 11.6. The lowest BCUT2D eigenvalue weighted by atomic mass is 10.0. The second-order valence-electron chi connectivity index (χ2n) is 4.52. The first-order chi connectivity index (χ1) is 7.28. The number of sulfone groups is 1. The van der Waals surface area contributed by atoms with Crippen LogP contribution in [0, 0.1) is 0 Å². The molecule has 92 valence electrons. The molecule has 0 spiro atoms. The Morgan fingerprint density at radius 1 is 1.69 bits per heavy atom. The molecule has 1 rings (SSSR count). The summed E-state index contributed by atoms with van der Waals surface area (Å²) in [6.07, 6.45) is 2.40. The molecule has 0 aliphatic carbocycles. The van der Waals surface area contributed by atoms with Crippen molar-refractivity contribution in [3.8, 4) is 0 Å². The van der Waals surface area contributed by atoms with E-state index in [4.69, 9.17) is 5.73 Å². The first-order valence-electron chi connectivity index (χ1n) is 5.17. The molecule has 3 N–H and O–H groups in total. The minimum atomic E-state index is -3.01. The van der Waals surface area contributed by atoms with Gasteiger partial charge >= 0.3 is 0 Å². The number of hydrogen-bond acceptors (Lipinski definition) is 4. The normalized spacial score (nSPS) is 29.6. The van der Waals surface area contributed by atoms with Crippen LogP contribution >= 0.6 is 0 Å². The molecule has 1 aliphatic heterocycles. The summed E-state index contributed by atoms with van der Waals surface area (Å²) in [7, 11) is -3.01. The van der Waals surface area contributed by atoms with Gasteiger partial charge in [0, 0.05) is 0 Å². The molecule has 0 radical (unpaired) electrons. The largest absolute Gasteiger partial charge is 0.349 e. The lowest BCUT2D eigenvalue weighted by molar-refractivity contribution is -0.123. The van der Waals surface area contributed by atoms with Crippen molar-refractivity contribution in [1.82, 2.24) is 5.32 Å². The number of hydrogen-bond donors (Lipinski definition) is 2. The van der Waals surface area contributed by atoms with Gasteiger partial charge in [0.05, 0.1) is 23.1 Å². The van der Waals surface area contributed by atoms with Gasteiger partial charge in [0.25, 0.3) is 0 Å². The zero-order chi connectivity index (χ0) is 12.4. The fraction of sp³-hybridized carbons (Fsp3) is 0.700. The summed E-state index contributed by atoms with van der Waals surface area (Å²) < 4.78 is 22.6. The maximum Gasteiger partial charge on any atom is 0.237 e. The first-order valence-corrected chi connectivity index (χ1v) is 6.99. The molecule has 1 fully saturated rings. The summed E-state index contributed by atoms with van der Waals surface area (Å²) in [6, 6.07) is -0.655. The van der Waals surface area contributed by atoms with Gasteiger partial charge in [0.15, 0.2) is 9.84 Å². The highest BCUT2D eigenvalue weighted by Crippen LogP contribution is 2.22. The third-order valence-corrected chi connectivity index (χ3v) is 4.59. The predicted molar refractivity (Wildman–Crippen MR) is 62.6 cm³/mol. The van der Waals surface area contributed by atoms with Crippen molar-refractivity contribution < 1.29 is 13.2 Å². The minimum absolute atomic E-state index is 0.00739. The van der Waals surface area contributed by atoms with E-state index in [9.17, 15) is 13.2 Å². The molecular weight excluding hydrogens is 228 g/mol. The molecule has 0 bridgehead atoms. The monoisotopic (exact) mass is 246 g/mol. The number of nitrogens with two attached hydrogens (primary N) is 1. The van der Waals surface area contributed by atoms with E-state index in [2.05, 4.69) is 11.9 Å². The van der Waals surface area contributed by atoms with Crippen LogP contribution in [0.5, 0.6) is 0 Å². The highest BCUT2D eigenvalue weighted by Gasteiger charge is 2.39. The number of nitrogens with one attached hydrogen (secondary N) is 1. The molecule has 2 unspecified atom stereocenters. The second-order valence-corrected chi connectivity index (χ2v) is 6.71. The molecular formula is C10H18N2O3S. The van der Waals surface area contributed by atoms with E-state index in [0.29, 0.717) is 12.8 Å². The van der Waals surface area contributed by atoms with Crippen LogP contribution < -0.4 is 11.1 Å². The van der Waals surface area contributed by atoms with Crippen LogP contribution in [0.3, 0.4) is 0 Å². The maximum absolute atomic E-state index is 11.6. The second kappa shape index (κ2) is 4.55. The Labute approximate surface area is 96.0 Å². The lowest BCUT2D eigenvalue weighted by Crippen LogP contribution is -2.52. The molecule has 1 aliphatic rings. The predicted octanol–water partition coefficient (Wildman–Crippen LogP) is -0.417.